The lowest BCUT2D eigenvalue weighted by molar-refractivity contribution is 0.0947. The van der Waals surface area contributed by atoms with Crippen molar-refractivity contribution < 1.29 is 18.7 Å². The first-order chi connectivity index (χ1) is 14.0. The monoisotopic (exact) mass is 416 g/mol. The zero-order chi connectivity index (χ0) is 20.5. The number of fused-ring (bicyclic) bond motifs is 1. The summed E-state index contributed by atoms with van der Waals surface area (Å²) in [5.74, 6) is 0.0339. The molecular weight excluding hydrogens is 399 g/mol. The van der Waals surface area contributed by atoms with Crippen molar-refractivity contribution in [1.82, 2.24) is 15.3 Å². The third-order valence-corrected chi connectivity index (χ3v) is 4.99. The van der Waals surface area contributed by atoms with Gasteiger partial charge >= 0.3 is 0 Å². The number of carbonyl (C=O) groups excluding carboxylic acids is 1. The smallest absolute Gasteiger partial charge is 0.255 e. The highest BCUT2D eigenvalue weighted by molar-refractivity contribution is 6.32. The number of nitrogens with zero attached hydrogens (tertiary/aromatic N) is 1. The van der Waals surface area contributed by atoms with Crippen LogP contribution < -0.4 is 20.1 Å². The fraction of sp³-hybridized carbons (Fsp3) is 0.200. The Labute approximate surface area is 171 Å². The standard InChI is InChI=1S/C20H18ClFN4O3/c1-28-15-9-23-5-3-11(15)17-18(16-13(25-17)4-6-24-20(16)27)26-14-8-10(22)7-12(21)19(14)29-2/h3,5,7-9,25-26H,4,6H2,1-2H3,(H,24,27). The Kier molecular flexibility index (Phi) is 5.02. The van der Waals surface area contributed by atoms with E-state index in [0.717, 1.165) is 11.8 Å². The van der Waals surface area contributed by atoms with E-state index in [9.17, 15) is 9.18 Å². The molecule has 0 spiro atoms. The molecule has 3 aromatic rings. The molecule has 0 aliphatic carbocycles. The summed E-state index contributed by atoms with van der Waals surface area (Å²) in [5.41, 5.74) is 3.31. The minimum Gasteiger partial charge on any atom is -0.494 e. The number of carbonyl (C=O) groups is 1. The van der Waals surface area contributed by atoms with Crippen molar-refractivity contribution in [1.29, 1.82) is 0 Å². The van der Waals surface area contributed by atoms with Gasteiger partial charge in [0.2, 0.25) is 0 Å². The molecule has 0 radical (unpaired) electrons. The third-order valence-electron chi connectivity index (χ3n) is 4.71. The van der Waals surface area contributed by atoms with E-state index in [2.05, 4.69) is 20.6 Å². The number of aromatic amines is 1. The minimum atomic E-state index is -0.532. The lowest BCUT2D eigenvalue weighted by atomic mass is 10.0. The predicted molar refractivity (Wildman–Crippen MR) is 108 cm³/mol. The van der Waals surface area contributed by atoms with E-state index >= 15 is 0 Å². The van der Waals surface area contributed by atoms with Crippen molar-refractivity contribution in [3.63, 3.8) is 0 Å². The molecule has 2 aromatic heterocycles. The van der Waals surface area contributed by atoms with Crippen LogP contribution in [0.15, 0.2) is 30.6 Å². The van der Waals surface area contributed by atoms with Crippen LogP contribution in [0.1, 0.15) is 16.1 Å². The van der Waals surface area contributed by atoms with Gasteiger partial charge in [-0.15, -0.1) is 0 Å². The Balaban J connectivity index is 1.93. The van der Waals surface area contributed by atoms with Gasteiger partial charge in [0.15, 0.2) is 5.75 Å². The van der Waals surface area contributed by atoms with Crippen molar-refractivity contribution in [2.75, 3.05) is 26.1 Å². The Hall–Kier alpha value is -3.26. The van der Waals surface area contributed by atoms with E-state index in [1.807, 2.05) is 0 Å². The summed E-state index contributed by atoms with van der Waals surface area (Å²) >= 11 is 6.13. The topological polar surface area (TPSA) is 88.3 Å². The number of amides is 1. The number of rotatable bonds is 5. The van der Waals surface area contributed by atoms with E-state index in [0.29, 0.717) is 46.9 Å². The second-order valence-electron chi connectivity index (χ2n) is 6.40. The van der Waals surface area contributed by atoms with Crippen molar-refractivity contribution in [3.8, 4) is 22.8 Å². The molecule has 150 valence electrons. The first-order valence-corrected chi connectivity index (χ1v) is 9.22. The Morgan fingerprint density at radius 1 is 1.28 bits per heavy atom. The maximum Gasteiger partial charge on any atom is 0.255 e. The first-order valence-electron chi connectivity index (χ1n) is 8.85. The molecular formula is C20H18ClFN4O3. The van der Waals surface area contributed by atoms with Crippen LogP contribution in [0, 0.1) is 5.82 Å². The molecule has 1 aliphatic rings. The second kappa shape index (κ2) is 7.63. The third kappa shape index (κ3) is 3.36. The number of halogens is 2. The van der Waals surface area contributed by atoms with Gasteiger partial charge in [0.1, 0.15) is 11.6 Å². The Bertz CT molecular complexity index is 1100. The van der Waals surface area contributed by atoms with E-state index in [-0.39, 0.29) is 16.7 Å². The van der Waals surface area contributed by atoms with Crippen LogP contribution in [-0.4, -0.2) is 36.6 Å². The molecule has 0 unspecified atom stereocenters. The number of hydrogen-bond acceptors (Lipinski definition) is 5. The van der Waals surface area contributed by atoms with Gasteiger partial charge in [-0.3, -0.25) is 9.78 Å². The lowest BCUT2D eigenvalue weighted by Gasteiger charge is -2.17. The molecule has 29 heavy (non-hydrogen) atoms. The highest BCUT2D eigenvalue weighted by atomic mass is 35.5. The number of pyridine rings is 1. The summed E-state index contributed by atoms with van der Waals surface area (Å²) in [6.45, 7) is 0.522. The number of ether oxygens (including phenoxy) is 2. The van der Waals surface area contributed by atoms with Gasteiger partial charge in [0.05, 0.1) is 48.1 Å². The predicted octanol–water partition coefficient (Wildman–Crippen LogP) is 3.92. The Morgan fingerprint density at radius 3 is 2.86 bits per heavy atom. The quantitative estimate of drug-likeness (QED) is 0.586. The normalized spacial score (nSPS) is 12.9. The van der Waals surface area contributed by atoms with E-state index in [1.54, 1.807) is 25.6 Å². The Morgan fingerprint density at radius 2 is 2.10 bits per heavy atom. The summed E-state index contributed by atoms with van der Waals surface area (Å²) in [4.78, 5) is 20.0. The largest absolute Gasteiger partial charge is 0.494 e. The van der Waals surface area contributed by atoms with Gasteiger partial charge in [0.25, 0.3) is 5.91 Å². The van der Waals surface area contributed by atoms with E-state index < -0.39 is 5.82 Å². The van der Waals surface area contributed by atoms with Crippen molar-refractivity contribution in [3.05, 3.63) is 52.7 Å². The summed E-state index contributed by atoms with van der Waals surface area (Å²) in [6, 6.07) is 4.20. The fourth-order valence-electron chi connectivity index (χ4n) is 3.45. The molecule has 3 N–H and O–H groups in total. The highest BCUT2D eigenvalue weighted by Gasteiger charge is 2.28. The number of aromatic nitrogens is 2. The van der Waals surface area contributed by atoms with Crippen LogP contribution in [0.2, 0.25) is 5.02 Å². The number of H-pyrrole nitrogens is 1. The maximum absolute atomic E-state index is 14.0. The zero-order valence-corrected chi connectivity index (χ0v) is 16.5. The van der Waals surface area contributed by atoms with Gasteiger partial charge in [-0.05, 0) is 12.1 Å². The molecule has 3 heterocycles. The van der Waals surface area contributed by atoms with Gasteiger partial charge in [-0.1, -0.05) is 11.6 Å². The van der Waals surface area contributed by atoms with E-state index in [4.69, 9.17) is 21.1 Å². The number of anilines is 2. The summed E-state index contributed by atoms with van der Waals surface area (Å²) in [6.07, 6.45) is 3.84. The minimum absolute atomic E-state index is 0.117. The summed E-state index contributed by atoms with van der Waals surface area (Å²) < 4.78 is 24.8. The maximum atomic E-state index is 14.0. The molecule has 0 saturated carbocycles. The average molecular weight is 417 g/mol. The van der Waals surface area contributed by atoms with Crippen LogP contribution in [0.25, 0.3) is 11.3 Å². The van der Waals surface area contributed by atoms with Gasteiger partial charge in [-0.2, -0.15) is 0 Å². The summed E-state index contributed by atoms with van der Waals surface area (Å²) in [7, 11) is 2.98. The van der Waals surface area contributed by atoms with Crippen LogP contribution in [0.5, 0.6) is 11.5 Å². The van der Waals surface area contributed by atoms with Gasteiger partial charge in [0, 0.05) is 36.5 Å². The number of hydrogen-bond donors (Lipinski definition) is 3. The van der Waals surface area contributed by atoms with Crippen LogP contribution in [-0.2, 0) is 6.42 Å². The second-order valence-corrected chi connectivity index (χ2v) is 6.81. The molecule has 9 heteroatoms. The molecule has 0 saturated heterocycles. The fourth-order valence-corrected chi connectivity index (χ4v) is 3.73. The van der Waals surface area contributed by atoms with Crippen LogP contribution in [0.4, 0.5) is 15.8 Å². The van der Waals surface area contributed by atoms with Crippen LogP contribution >= 0.6 is 11.6 Å². The number of nitrogens with one attached hydrogen (secondary N) is 3. The SMILES string of the molecule is COc1cnccc1-c1[nH]c2c(c1Nc1cc(F)cc(Cl)c1OC)C(=O)NCC2. The number of methoxy groups -OCH3 is 2. The molecule has 0 bridgehead atoms. The molecule has 1 aromatic carbocycles. The van der Waals surface area contributed by atoms with Crippen molar-refractivity contribution in [2.45, 2.75) is 6.42 Å². The molecule has 0 atom stereocenters. The van der Waals surface area contributed by atoms with Crippen molar-refractivity contribution in [2.24, 2.45) is 0 Å². The molecule has 1 amide bonds. The average Bonchev–Trinajstić information content (AvgIpc) is 3.07. The number of benzene rings is 1. The molecule has 1 aliphatic heterocycles. The zero-order valence-electron chi connectivity index (χ0n) is 15.7. The molecule has 7 nitrogen and oxygen atoms in total. The van der Waals surface area contributed by atoms with Crippen LogP contribution in [0.3, 0.4) is 0 Å². The molecule has 4 rings (SSSR count). The van der Waals surface area contributed by atoms with E-state index in [1.165, 1.54) is 13.2 Å². The lowest BCUT2D eigenvalue weighted by Crippen LogP contribution is -2.31. The van der Waals surface area contributed by atoms with Gasteiger partial charge in [-0.25, -0.2) is 4.39 Å². The first kappa shape index (κ1) is 19.1. The van der Waals surface area contributed by atoms with Crippen molar-refractivity contribution >= 4 is 28.9 Å². The van der Waals surface area contributed by atoms with Gasteiger partial charge < -0.3 is 25.1 Å². The molecule has 0 fully saturated rings. The highest BCUT2D eigenvalue weighted by Crippen LogP contribution is 2.43. The summed E-state index contributed by atoms with van der Waals surface area (Å²) in [5, 5.41) is 6.10.